The summed E-state index contributed by atoms with van der Waals surface area (Å²) in [6.07, 6.45) is 3.33. The first-order valence-corrected chi connectivity index (χ1v) is 10.2. The molecular weight excluding hydrogens is 437 g/mol. The molecule has 9 heteroatoms. The lowest BCUT2D eigenvalue weighted by molar-refractivity contribution is 0.101. The highest BCUT2D eigenvalue weighted by molar-refractivity contribution is 6.33. The third kappa shape index (κ3) is 5.25. The number of anilines is 1. The number of ether oxygens (including phenoxy) is 1. The number of aromatic nitrogens is 4. The number of hydrogen-bond donors (Lipinski definition) is 1. The van der Waals surface area contributed by atoms with E-state index in [0.717, 1.165) is 16.9 Å². The first kappa shape index (κ1) is 21.0. The third-order valence-electron chi connectivity index (χ3n) is 4.53. The van der Waals surface area contributed by atoms with Gasteiger partial charge in [-0.3, -0.25) is 9.48 Å². The van der Waals surface area contributed by atoms with Crippen LogP contribution in [0.25, 0.3) is 0 Å². The number of para-hydroxylation sites is 1. The number of nitrogens with zero attached hydrogens (tertiary/aromatic N) is 4. The summed E-state index contributed by atoms with van der Waals surface area (Å²) in [5, 5.41) is 12.3. The average molecular weight is 456 g/mol. The van der Waals surface area contributed by atoms with Gasteiger partial charge >= 0.3 is 0 Å². The van der Waals surface area contributed by atoms with E-state index >= 15 is 0 Å². The second-order valence-electron chi connectivity index (χ2n) is 6.88. The molecule has 0 saturated heterocycles. The number of nitrogens with one attached hydrogen (secondary N) is 1. The molecule has 0 unspecified atom stereocenters. The minimum atomic E-state index is -0.409. The van der Waals surface area contributed by atoms with E-state index in [-0.39, 0.29) is 18.2 Å². The normalized spacial score (nSPS) is 10.8. The largest absolute Gasteiger partial charge is 0.471 e. The van der Waals surface area contributed by atoms with E-state index in [0.29, 0.717) is 16.6 Å². The Morgan fingerprint density at radius 3 is 2.58 bits per heavy atom. The van der Waals surface area contributed by atoms with Gasteiger partial charge in [0.1, 0.15) is 10.8 Å². The summed E-state index contributed by atoms with van der Waals surface area (Å²) in [4.78, 5) is 12.6. The smallest absolute Gasteiger partial charge is 0.277 e. The number of hydrogen-bond acceptors (Lipinski definition) is 4. The maximum absolute atomic E-state index is 12.6. The first-order chi connectivity index (χ1) is 15.0. The van der Waals surface area contributed by atoms with Crippen molar-refractivity contribution < 1.29 is 9.53 Å². The van der Waals surface area contributed by atoms with E-state index in [9.17, 15) is 4.79 Å². The van der Waals surface area contributed by atoms with E-state index in [2.05, 4.69) is 15.5 Å². The summed E-state index contributed by atoms with van der Waals surface area (Å²) >= 11 is 12.2. The van der Waals surface area contributed by atoms with Crippen molar-refractivity contribution >= 4 is 34.9 Å². The SMILES string of the molecule is Cc1ccccc1OCn1ccc(C(=O)Nc2nn(Cc3ccc(Cl)cc3)cc2Cl)n1. The van der Waals surface area contributed by atoms with Gasteiger partial charge in [0.25, 0.3) is 5.91 Å². The molecule has 2 heterocycles. The van der Waals surface area contributed by atoms with Gasteiger partial charge in [0.15, 0.2) is 18.2 Å². The number of benzene rings is 2. The van der Waals surface area contributed by atoms with Gasteiger partial charge in [-0.25, -0.2) is 4.68 Å². The minimum Gasteiger partial charge on any atom is -0.471 e. The number of carbonyl (C=O) groups excluding carboxylic acids is 1. The van der Waals surface area contributed by atoms with Crippen LogP contribution in [0.2, 0.25) is 10.0 Å². The summed E-state index contributed by atoms with van der Waals surface area (Å²) in [6, 6.07) is 16.7. The van der Waals surface area contributed by atoms with E-state index in [1.54, 1.807) is 27.8 Å². The molecular formula is C22H19Cl2N5O2. The summed E-state index contributed by atoms with van der Waals surface area (Å²) in [6.45, 7) is 2.65. The van der Waals surface area contributed by atoms with Gasteiger partial charge in [0, 0.05) is 17.4 Å². The average Bonchev–Trinajstić information content (AvgIpc) is 3.36. The Hall–Kier alpha value is -3.29. The summed E-state index contributed by atoms with van der Waals surface area (Å²) in [7, 11) is 0. The molecule has 0 aliphatic carbocycles. The van der Waals surface area contributed by atoms with Crippen LogP contribution in [-0.4, -0.2) is 25.5 Å². The lowest BCUT2D eigenvalue weighted by Gasteiger charge is -2.08. The molecule has 0 saturated carbocycles. The molecule has 7 nitrogen and oxygen atoms in total. The molecule has 2 aromatic heterocycles. The molecule has 1 amide bonds. The fourth-order valence-electron chi connectivity index (χ4n) is 2.92. The van der Waals surface area contributed by atoms with Gasteiger partial charge < -0.3 is 10.1 Å². The van der Waals surface area contributed by atoms with Crippen LogP contribution >= 0.6 is 23.2 Å². The Morgan fingerprint density at radius 2 is 1.81 bits per heavy atom. The van der Waals surface area contributed by atoms with E-state index in [1.165, 1.54) is 0 Å². The lowest BCUT2D eigenvalue weighted by atomic mass is 10.2. The zero-order valence-electron chi connectivity index (χ0n) is 16.6. The van der Waals surface area contributed by atoms with Crippen LogP contribution in [0.4, 0.5) is 5.82 Å². The number of halogens is 2. The van der Waals surface area contributed by atoms with Crippen molar-refractivity contribution in [3.05, 3.63) is 93.9 Å². The van der Waals surface area contributed by atoms with Crippen LogP contribution in [-0.2, 0) is 13.3 Å². The van der Waals surface area contributed by atoms with Gasteiger partial charge in [0.05, 0.1) is 6.54 Å². The van der Waals surface area contributed by atoms with Crippen molar-refractivity contribution in [2.45, 2.75) is 20.2 Å². The Labute approximate surface area is 189 Å². The molecule has 158 valence electrons. The van der Waals surface area contributed by atoms with Crippen molar-refractivity contribution in [3.8, 4) is 5.75 Å². The Bertz CT molecular complexity index is 1200. The highest BCUT2D eigenvalue weighted by Crippen LogP contribution is 2.21. The molecule has 0 spiro atoms. The molecule has 4 rings (SSSR count). The quantitative estimate of drug-likeness (QED) is 0.423. The highest BCUT2D eigenvalue weighted by Gasteiger charge is 2.15. The Balaban J connectivity index is 1.38. The Morgan fingerprint density at radius 1 is 1.03 bits per heavy atom. The van der Waals surface area contributed by atoms with Crippen LogP contribution < -0.4 is 10.1 Å². The predicted octanol–water partition coefficient (Wildman–Crippen LogP) is 5.03. The molecule has 0 fully saturated rings. The van der Waals surface area contributed by atoms with E-state index in [1.807, 2.05) is 55.5 Å². The van der Waals surface area contributed by atoms with Crippen molar-refractivity contribution in [2.24, 2.45) is 0 Å². The molecule has 0 bridgehead atoms. The number of aryl methyl sites for hydroxylation is 1. The molecule has 2 aromatic carbocycles. The maximum Gasteiger partial charge on any atom is 0.277 e. The Kier molecular flexibility index (Phi) is 6.25. The zero-order valence-corrected chi connectivity index (χ0v) is 18.1. The standard InChI is InChI=1S/C22H19Cl2N5O2/c1-15-4-2-3-5-20(15)31-14-28-11-10-19(26-28)22(30)25-21-18(24)13-29(27-21)12-16-6-8-17(23)9-7-16/h2-11,13H,12,14H2,1H3,(H,25,27,30). The summed E-state index contributed by atoms with van der Waals surface area (Å²) in [5.74, 6) is 0.627. The van der Waals surface area contributed by atoms with E-state index in [4.69, 9.17) is 27.9 Å². The number of amides is 1. The molecule has 0 atom stereocenters. The topological polar surface area (TPSA) is 74.0 Å². The molecule has 4 aromatic rings. The molecule has 0 radical (unpaired) electrons. The minimum absolute atomic E-state index is 0.189. The molecule has 1 N–H and O–H groups in total. The predicted molar refractivity (Wildman–Crippen MR) is 120 cm³/mol. The van der Waals surface area contributed by atoms with Crippen molar-refractivity contribution in [1.82, 2.24) is 19.6 Å². The zero-order chi connectivity index (χ0) is 21.8. The monoisotopic (exact) mass is 455 g/mol. The van der Waals surface area contributed by atoms with Crippen molar-refractivity contribution in [1.29, 1.82) is 0 Å². The molecule has 0 aliphatic heterocycles. The van der Waals surface area contributed by atoms with Gasteiger partial charge in [-0.1, -0.05) is 53.5 Å². The highest BCUT2D eigenvalue weighted by atomic mass is 35.5. The van der Waals surface area contributed by atoms with Crippen LogP contribution in [0, 0.1) is 6.92 Å². The van der Waals surface area contributed by atoms with E-state index < -0.39 is 5.91 Å². The third-order valence-corrected chi connectivity index (χ3v) is 5.05. The van der Waals surface area contributed by atoms with Crippen molar-refractivity contribution in [3.63, 3.8) is 0 Å². The molecule has 0 aliphatic rings. The second-order valence-corrected chi connectivity index (χ2v) is 7.73. The summed E-state index contributed by atoms with van der Waals surface area (Å²) < 4.78 is 8.94. The van der Waals surface area contributed by atoms with Gasteiger partial charge in [0.2, 0.25) is 0 Å². The van der Waals surface area contributed by atoms with Crippen LogP contribution in [0.5, 0.6) is 5.75 Å². The van der Waals surface area contributed by atoms with Crippen LogP contribution in [0.1, 0.15) is 21.6 Å². The van der Waals surface area contributed by atoms with Crippen LogP contribution in [0.15, 0.2) is 67.0 Å². The van der Waals surface area contributed by atoms with Crippen LogP contribution in [0.3, 0.4) is 0 Å². The number of rotatable bonds is 7. The maximum atomic E-state index is 12.6. The molecule has 31 heavy (non-hydrogen) atoms. The lowest BCUT2D eigenvalue weighted by Crippen LogP contribution is -2.15. The second kappa shape index (κ2) is 9.24. The summed E-state index contributed by atoms with van der Waals surface area (Å²) in [5.41, 5.74) is 2.27. The fourth-order valence-corrected chi connectivity index (χ4v) is 3.24. The van der Waals surface area contributed by atoms with Crippen molar-refractivity contribution in [2.75, 3.05) is 5.32 Å². The fraction of sp³-hybridized carbons (Fsp3) is 0.136. The first-order valence-electron chi connectivity index (χ1n) is 9.48. The van der Waals surface area contributed by atoms with Gasteiger partial charge in [-0.2, -0.15) is 10.2 Å². The van der Waals surface area contributed by atoms with Gasteiger partial charge in [-0.15, -0.1) is 0 Å². The van der Waals surface area contributed by atoms with Gasteiger partial charge in [-0.05, 0) is 42.3 Å². The number of carbonyl (C=O) groups is 1.